The predicted octanol–water partition coefficient (Wildman–Crippen LogP) is 2.75. The Balaban J connectivity index is 1.68. The second kappa shape index (κ2) is 8.47. The van der Waals surface area contributed by atoms with Gasteiger partial charge in [-0.05, 0) is 13.0 Å². The van der Waals surface area contributed by atoms with Crippen LogP contribution in [0.15, 0.2) is 57.9 Å². The smallest absolute Gasteiger partial charge is 0.419 e. The fourth-order valence-electron chi connectivity index (χ4n) is 2.83. The molecule has 0 fully saturated rings. The molecular weight excluding hydrogens is 360 g/mol. The molecular formula is C21H22N2O5. The Hall–Kier alpha value is -3.48. The average molecular weight is 382 g/mol. The molecule has 3 aromatic rings. The van der Waals surface area contributed by atoms with Crippen molar-refractivity contribution in [2.45, 2.75) is 20.0 Å². The lowest BCUT2D eigenvalue weighted by atomic mass is 10.1. The van der Waals surface area contributed by atoms with Gasteiger partial charge >= 0.3 is 5.76 Å². The summed E-state index contributed by atoms with van der Waals surface area (Å²) in [5, 5.41) is 2.78. The Morgan fingerprint density at radius 3 is 2.54 bits per heavy atom. The van der Waals surface area contributed by atoms with Crippen LogP contribution in [-0.4, -0.2) is 24.7 Å². The van der Waals surface area contributed by atoms with Crippen molar-refractivity contribution >= 4 is 5.91 Å². The van der Waals surface area contributed by atoms with Gasteiger partial charge in [0.05, 0.1) is 20.4 Å². The van der Waals surface area contributed by atoms with E-state index in [4.69, 9.17) is 13.9 Å². The Labute approximate surface area is 162 Å². The van der Waals surface area contributed by atoms with Gasteiger partial charge in [0, 0.05) is 17.7 Å². The van der Waals surface area contributed by atoms with E-state index < -0.39 is 5.76 Å². The number of aromatic nitrogens is 1. The van der Waals surface area contributed by atoms with Crippen molar-refractivity contribution in [3.63, 3.8) is 0 Å². The molecule has 2 aromatic carbocycles. The van der Waals surface area contributed by atoms with Crippen LogP contribution in [0.3, 0.4) is 0 Å². The highest BCUT2D eigenvalue weighted by atomic mass is 16.5. The third-order valence-electron chi connectivity index (χ3n) is 4.32. The predicted molar refractivity (Wildman–Crippen MR) is 105 cm³/mol. The van der Waals surface area contributed by atoms with Gasteiger partial charge in [-0.25, -0.2) is 4.79 Å². The first-order valence-electron chi connectivity index (χ1n) is 8.75. The van der Waals surface area contributed by atoms with Crippen LogP contribution in [0.1, 0.15) is 11.1 Å². The minimum Gasteiger partial charge on any atom is -0.493 e. The van der Waals surface area contributed by atoms with Gasteiger partial charge in [0.25, 0.3) is 0 Å². The molecule has 0 atom stereocenters. The van der Waals surface area contributed by atoms with E-state index in [2.05, 4.69) is 5.32 Å². The fourth-order valence-corrected chi connectivity index (χ4v) is 2.83. The number of amides is 1. The van der Waals surface area contributed by atoms with Crippen molar-refractivity contribution in [2.75, 3.05) is 14.2 Å². The molecule has 0 spiro atoms. The van der Waals surface area contributed by atoms with Crippen LogP contribution in [0.5, 0.6) is 11.5 Å². The van der Waals surface area contributed by atoms with Crippen LogP contribution >= 0.6 is 0 Å². The maximum Gasteiger partial charge on any atom is 0.419 e. The van der Waals surface area contributed by atoms with E-state index in [0.717, 1.165) is 16.7 Å². The van der Waals surface area contributed by atoms with E-state index in [1.54, 1.807) is 26.5 Å². The SMILES string of the molecule is COc1cccc(CNC(=O)Cn2cc(-c3ccc(C)cc3)oc2=O)c1OC. The molecule has 0 saturated heterocycles. The molecule has 0 unspecified atom stereocenters. The van der Waals surface area contributed by atoms with Gasteiger partial charge in [-0.1, -0.05) is 42.0 Å². The van der Waals surface area contributed by atoms with Crippen LogP contribution < -0.4 is 20.5 Å². The molecule has 0 saturated carbocycles. The molecule has 1 N–H and O–H groups in total. The number of para-hydroxylation sites is 1. The summed E-state index contributed by atoms with van der Waals surface area (Å²) in [6.45, 7) is 2.09. The first-order chi connectivity index (χ1) is 13.5. The van der Waals surface area contributed by atoms with Gasteiger partial charge in [-0.2, -0.15) is 0 Å². The zero-order valence-corrected chi connectivity index (χ0v) is 16.0. The molecule has 0 aliphatic carbocycles. The Morgan fingerprint density at radius 2 is 1.86 bits per heavy atom. The highest BCUT2D eigenvalue weighted by molar-refractivity contribution is 5.76. The minimum absolute atomic E-state index is 0.138. The van der Waals surface area contributed by atoms with E-state index in [1.807, 2.05) is 43.3 Å². The number of nitrogens with one attached hydrogen (secondary N) is 1. The molecule has 28 heavy (non-hydrogen) atoms. The molecule has 1 amide bonds. The lowest BCUT2D eigenvalue weighted by molar-refractivity contribution is -0.121. The zero-order chi connectivity index (χ0) is 20.1. The number of hydrogen-bond donors (Lipinski definition) is 1. The topological polar surface area (TPSA) is 82.7 Å². The molecule has 0 aliphatic rings. The molecule has 0 bridgehead atoms. The number of aryl methyl sites for hydroxylation is 1. The second-order valence-electron chi connectivity index (χ2n) is 6.28. The van der Waals surface area contributed by atoms with Crippen LogP contribution in [0.2, 0.25) is 0 Å². The Bertz CT molecular complexity index is 1020. The quantitative estimate of drug-likeness (QED) is 0.679. The van der Waals surface area contributed by atoms with Gasteiger partial charge in [-0.15, -0.1) is 0 Å². The highest BCUT2D eigenvalue weighted by Crippen LogP contribution is 2.30. The van der Waals surface area contributed by atoms with Gasteiger partial charge in [0.2, 0.25) is 5.91 Å². The molecule has 1 heterocycles. The summed E-state index contributed by atoms with van der Waals surface area (Å²) in [6, 6.07) is 13.0. The second-order valence-corrected chi connectivity index (χ2v) is 6.28. The molecule has 0 radical (unpaired) electrons. The Kier molecular flexibility index (Phi) is 5.84. The molecule has 0 aliphatic heterocycles. The Morgan fingerprint density at radius 1 is 1.11 bits per heavy atom. The minimum atomic E-state index is -0.579. The molecule has 3 rings (SSSR count). The summed E-state index contributed by atoms with van der Waals surface area (Å²) >= 11 is 0. The fraction of sp³-hybridized carbons (Fsp3) is 0.238. The number of rotatable bonds is 7. The summed E-state index contributed by atoms with van der Waals surface area (Å²) in [4.78, 5) is 24.4. The number of ether oxygens (including phenoxy) is 2. The molecule has 7 heteroatoms. The van der Waals surface area contributed by atoms with E-state index >= 15 is 0 Å². The first kappa shape index (κ1) is 19.3. The van der Waals surface area contributed by atoms with Gasteiger partial charge in [0.1, 0.15) is 6.54 Å². The number of nitrogens with zero attached hydrogens (tertiary/aromatic N) is 1. The van der Waals surface area contributed by atoms with E-state index in [9.17, 15) is 9.59 Å². The average Bonchev–Trinajstić information content (AvgIpc) is 3.06. The number of oxazole rings is 1. The van der Waals surface area contributed by atoms with E-state index in [1.165, 1.54) is 4.57 Å². The van der Waals surface area contributed by atoms with Crippen molar-refractivity contribution in [1.29, 1.82) is 0 Å². The maximum absolute atomic E-state index is 12.3. The number of methoxy groups -OCH3 is 2. The monoisotopic (exact) mass is 382 g/mol. The number of hydrogen-bond acceptors (Lipinski definition) is 5. The third-order valence-corrected chi connectivity index (χ3v) is 4.32. The van der Waals surface area contributed by atoms with Crippen molar-refractivity contribution in [3.05, 3.63) is 70.3 Å². The van der Waals surface area contributed by atoms with Gasteiger partial charge in [-0.3, -0.25) is 9.36 Å². The molecule has 7 nitrogen and oxygen atoms in total. The van der Waals surface area contributed by atoms with Gasteiger partial charge in [0.15, 0.2) is 17.3 Å². The number of carbonyl (C=O) groups excluding carboxylic acids is 1. The van der Waals surface area contributed by atoms with E-state index in [-0.39, 0.29) is 19.0 Å². The normalized spacial score (nSPS) is 10.5. The van der Waals surface area contributed by atoms with Crippen molar-refractivity contribution in [2.24, 2.45) is 0 Å². The summed E-state index contributed by atoms with van der Waals surface area (Å²) in [7, 11) is 3.10. The third kappa shape index (κ3) is 4.25. The molecule has 1 aromatic heterocycles. The largest absolute Gasteiger partial charge is 0.493 e. The van der Waals surface area contributed by atoms with E-state index in [0.29, 0.717) is 17.3 Å². The zero-order valence-electron chi connectivity index (χ0n) is 16.0. The van der Waals surface area contributed by atoms with Crippen LogP contribution in [0, 0.1) is 6.92 Å². The molecule has 146 valence electrons. The summed E-state index contributed by atoms with van der Waals surface area (Å²) in [5.74, 6) is 0.677. The van der Waals surface area contributed by atoms with Crippen molar-refractivity contribution in [1.82, 2.24) is 9.88 Å². The lowest BCUT2D eigenvalue weighted by Crippen LogP contribution is -2.30. The van der Waals surface area contributed by atoms with Crippen LogP contribution in [0.25, 0.3) is 11.3 Å². The van der Waals surface area contributed by atoms with Crippen molar-refractivity contribution < 1.29 is 18.7 Å². The summed E-state index contributed by atoms with van der Waals surface area (Å²) < 4.78 is 17.1. The number of benzene rings is 2. The van der Waals surface area contributed by atoms with Crippen LogP contribution in [0.4, 0.5) is 0 Å². The van der Waals surface area contributed by atoms with Crippen molar-refractivity contribution in [3.8, 4) is 22.8 Å². The van der Waals surface area contributed by atoms with Gasteiger partial charge < -0.3 is 19.2 Å². The van der Waals surface area contributed by atoms with Crippen LogP contribution in [-0.2, 0) is 17.9 Å². The standard InChI is InChI=1S/C21H22N2O5/c1-14-7-9-15(10-8-14)18-12-23(21(25)28-18)13-19(24)22-11-16-5-4-6-17(26-2)20(16)27-3/h4-10,12H,11,13H2,1-3H3,(H,22,24). The maximum atomic E-state index is 12.3. The first-order valence-corrected chi connectivity index (χ1v) is 8.75. The summed E-state index contributed by atoms with van der Waals surface area (Å²) in [6.07, 6.45) is 1.54. The lowest BCUT2D eigenvalue weighted by Gasteiger charge is -2.13. The highest BCUT2D eigenvalue weighted by Gasteiger charge is 2.13. The summed E-state index contributed by atoms with van der Waals surface area (Å²) in [5.41, 5.74) is 2.66. The number of carbonyl (C=O) groups is 1.